The molecular formula is C11H13N3S. The van der Waals surface area contributed by atoms with Crippen molar-refractivity contribution in [3.63, 3.8) is 0 Å². The average Bonchev–Trinajstić information content (AvgIpc) is 2.81. The van der Waals surface area contributed by atoms with Gasteiger partial charge in [0, 0.05) is 30.5 Å². The minimum Gasteiger partial charge on any atom is -0.306 e. The predicted octanol–water partition coefficient (Wildman–Crippen LogP) is 2.39. The van der Waals surface area contributed by atoms with Gasteiger partial charge < -0.3 is 5.32 Å². The molecule has 0 amide bonds. The van der Waals surface area contributed by atoms with Crippen LogP contribution in [-0.4, -0.2) is 9.97 Å². The van der Waals surface area contributed by atoms with Gasteiger partial charge in [-0.2, -0.15) is 11.3 Å². The molecule has 0 fully saturated rings. The van der Waals surface area contributed by atoms with E-state index in [1.807, 2.05) is 12.4 Å². The van der Waals surface area contributed by atoms with Crippen LogP contribution in [-0.2, 0) is 6.54 Å². The topological polar surface area (TPSA) is 37.8 Å². The fourth-order valence-electron chi connectivity index (χ4n) is 1.33. The van der Waals surface area contributed by atoms with Gasteiger partial charge >= 0.3 is 0 Å². The Balaban J connectivity index is 1.89. The Labute approximate surface area is 93.2 Å². The Morgan fingerprint density at radius 2 is 2.20 bits per heavy atom. The van der Waals surface area contributed by atoms with Crippen molar-refractivity contribution in [3.8, 4) is 0 Å². The van der Waals surface area contributed by atoms with Gasteiger partial charge in [0.2, 0.25) is 0 Å². The lowest BCUT2D eigenvalue weighted by Crippen LogP contribution is -2.17. The Kier molecular flexibility index (Phi) is 3.42. The van der Waals surface area contributed by atoms with Gasteiger partial charge in [-0.25, -0.2) is 9.97 Å². The first-order valence-corrected chi connectivity index (χ1v) is 5.80. The zero-order valence-corrected chi connectivity index (χ0v) is 9.37. The van der Waals surface area contributed by atoms with E-state index in [4.69, 9.17) is 0 Å². The summed E-state index contributed by atoms with van der Waals surface area (Å²) in [4.78, 5) is 7.95. The third-order valence-corrected chi connectivity index (χ3v) is 2.97. The smallest absolute Gasteiger partial charge is 0.115 e. The lowest BCUT2D eigenvalue weighted by molar-refractivity contribution is 0.574. The molecule has 0 aliphatic rings. The van der Waals surface area contributed by atoms with Gasteiger partial charge in [0.25, 0.3) is 0 Å². The summed E-state index contributed by atoms with van der Waals surface area (Å²) in [5, 5.41) is 7.69. The highest BCUT2D eigenvalue weighted by Gasteiger charge is 2.04. The molecule has 0 bridgehead atoms. The van der Waals surface area contributed by atoms with Gasteiger partial charge in [0.05, 0.1) is 0 Å². The van der Waals surface area contributed by atoms with Crippen LogP contribution in [0.15, 0.2) is 35.5 Å². The molecule has 0 radical (unpaired) electrons. The van der Waals surface area contributed by atoms with Crippen molar-refractivity contribution in [1.82, 2.24) is 15.3 Å². The molecule has 0 aliphatic heterocycles. The highest BCUT2D eigenvalue weighted by atomic mass is 32.1. The first-order valence-electron chi connectivity index (χ1n) is 4.85. The third kappa shape index (κ3) is 2.84. The molecule has 2 rings (SSSR count). The van der Waals surface area contributed by atoms with Crippen molar-refractivity contribution in [3.05, 3.63) is 46.7 Å². The molecule has 0 spiro atoms. The Morgan fingerprint density at radius 1 is 1.40 bits per heavy atom. The number of hydrogen-bond acceptors (Lipinski definition) is 4. The first-order chi connectivity index (χ1) is 7.36. The Morgan fingerprint density at radius 3 is 2.87 bits per heavy atom. The van der Waals surface area contributed by atoms with E-state index in [1.54, 1.807) is 17.7 Å². The summed E-state index contributed by atoms with van der Waals surface area (Å²) < 4.78 is 0. The van der Waals surface area contributed by atoms with Crippen LogP contribution in [0, 0.1) is 0 Å². The second-order valence-electron chi connectivity index (χ2n) is 3.41. The van der Waals surface area contributed by atoms with Crippen molar-refractivity contribution in [2.45, 2.75) is 19.5 Å². The summed E-state index contributed by atoms with van der Waals surface area (Å²) in [7, 11) is 0. The van der Waals surface area contributed by atoms with Gasteiger partial charge in [-0.15, -0.1) is 0 Å². The maximum Gasteiger partial charge on any atom is 0.115 e. The summed E-state index contributed by atoms with van der Waals surface area (Å²) in [6.07, 6.45) is 5.21. The molecule has 2 heterocycles. The van der Waals surface area contributed by atoms with Crippen LogP contribution in [0.2, 0.25) is 0 Å². The molecular weight excluding hydrogens is 206 g/mol. The van der Waals surface area contributed by atoms with E-state index < -0.39 is 0 Å². The molecule has 15 heavy (non-hydrogen) atoms. The fourth-order valence-corrected chi connectivity index (χ4v) is 2.09. The highest BCUT2D eigenvalue weighted by Crippen LogP contribution is 2.15. The standard InChI is InChI=1S/C11H13N3S/c1-9(11-2-3-15-7-11)14-6-10-4-12-8-13-5-10/h2-5,7-9,14H,6H2,1H3. The molecule has 3 nitrogen and oxygen atoms in total. The van der Waals surface area contributed by atoms with Gasteiger partial charge in [-0.1, -0.05) is 0 Å². The molecule has 2 aromatic rings. The molecule has 78 valence electrons. The quantitative estimate of drug-likeness (QED) is 0.858. The van der Waals surface area contributed by atoms with Crippen molar-refractivity contribution in [2.24, 2.45) is 0 Å². The summed E-state index contributed by atoms with van der Waals surface area (Å²) in [6.45, 7) is 2.96. The largest absolute Gasteiger partial charge is 0.306 e. The van der Waals surface area contributed by atoms with Crippen molar-refractivity contribution in [2.75, 3.05) is 0 Å². The van der Waals surface area contributed by atoms with E-state index in [0.717, 1.165) is 12.1 Å². The second-order valence-corrected chi connectivity index (χ2v) is 4.19. The van der Waals surface area contributed by atoms with Crippen molar-refractivity contribution in [1.29, 1.82) is 0 Å². The average molecular weight is 219 g/mol. The van der Waals surface area contributed by atoms with Crippen LogP contribution in [0.1, 0.15) is 24.1 Å². The SMILES string of the molecule is CC(NCc1cncnc1)c1ccsc1. The van der Waals surface area contributed by atoms with Crippen molar-refractivity contribution >= 4 is 11.3 Å². The summed E-state index contributed by atoms with van der Waals surface area (Å²) in [5.41, 5.74) is 2.44. The van der Waals surface area contributed by atoms with Crippen LogP contribution in [0.25, 0.3) is 0 Å². The molecule has 1 unspecified atom stereocenters. The molecule has 0 aliphatic carbocycles. The van der Waals surface area contributed by atoms with Gasteiger partial charge in [-0.3, -0.25) is 0 Å². The zero-order chi connectivity index (χ0) is 10.5. The maximum absolute atomic E-state index is 3.98. The summed E-state index contributed by atoms with van der Waals surface area (Å²) >= 11 is 1.72. The summed E-state index contributed by atoms with van der Waals surface area (Å²) in [5.74, 6) is 0. The minimum absolute atomic E-state index is 0.372. The van der Waals surface area contributed by atoms with Crippen LogP contribution >= 0.6 is 11.3 Å². The summed E-state index contributed by atoms with van der Waals surface area (Å²) in [6, 6.07) is 2.51. The van der Waals surface area contributed by atoms with E-state index in [-0.39, 0.29) is 0 Å². The van der Waals surface area contributed by atoms with E-state index in [9.17, 15) is 0 Å². The number of nitrogens with zero attached hydrogens (tertiary/aromatic N) is 2. The fraction of sp³-hybridized carbons (Fsp3) is 0.273. The predicted molar refractivity (Wildman–Crippen MR) is 61.6 cm³/mol. The number of thiophene rings is 1. The van der Waals surface area contributed by atoms with Crippen LogP contribution in [0.4, 0.5) is 0 Å². The Hall–Kier alpha value is -1.26. The molecule has 1 atom stereocenters. The highest BCUT2D eigenvalue weighted by molar-refractivity contribution is 7.07. The number of rotatable bonds is 4. The number of nitrogens with one attached hydrogen (secondary N) is 1. The lowest BCUT2D eigenvalue weighted by atomic mass is 10.2. The van der Waals surface area contributed by atoms with Crippen LogP contribution < -0.4 is 5.32 Å². The van der Waals surface area contributed by atoms with Gasteiger partial charge in [0.15, 0.2) is 0 Å². The van der Waals surface area contributed by atoms with Crippen LogP contribution in [0.5, 0.6) is 0 Å². The van der Waals surface area contributed by atoms with E-state index in [2.05, 4.69) is 39.0 Å². The van der Waals surface area contributed by atoms with Crippen molar-refractivity contribution < 1.29 is 0 Å². The number of aromatic nitrogens is 2. The lowest BCUT2D eigenvalue weighted by Gasteiger charge is -2.11. The van der Waals surface area contributed by atoms with Crippen LogP contribution in [0.3, 0.4) is 0 Å². The van der Waals surface area contributed by atoms with Gasteiger partial charge in [0.1, 0.15) is 6.33 Å². The molecule has 0 saturated carbocycles. The zero-order valence-electron chi connectivity index (χ0n) is 8.55. The normalized spacial score (nSPS) is 12.6. The van der Waals surface area contributed by atoms with Gasteiger partial charge in [-0.05, 0) is 29.3 Å². The molecule has 2 aromatic heterocycles. The monoisotopic (exact) mass is 219 g/mol. The first kappa shape index (κ1) is 10.3. The molecule has 4 heteroatoms. The second kappa shape index (κ2) is 5.00. The molecule has 1 N–H and O–H groups in total. The maximum atomic E-state index is 3.98. The third-order valence-electron chi connectivity index (χ3n) is 2.27. The minimum atomic E-state index is 0.372. The number of hydrogen-bond donors (Lipinski definition) is 1. The van der Waals surface area contributed by atoms with E-state index in [0.29, 0.717) is 6.04 Å². The molecule has 0 aromatic carbocycles. The van der Waals surface area contributed by atoms with E-state index in [1.165, 1.54) is 5.56 Å². The molecule has 0 saturated heterocycles. The Bertz CT molecular complexity index is 385. The van der Waals surface area contributed by atoms with E-state index >= 15 is 0 Å².